The molecule has 6 heteroatoms. The number of alkyl halides is 1. The van der Waals surface area contributed by atoms with E-state index in [4.69, 9.17) is 11.6 Å². The van der Waals surface area contributed by atoms with E-state index < -0.39 is 28.7 Å². The minimum atomic E-state index is -1.58. The van der Waals surface area contributed by atoms with Gasteiger partial charge in [-0.25, -0.2) is 13.2 Å². The molecule has 15 heavy (non-hydrogen) atoms. The van der Waals surface area contributed by atoms with Gasteiger partial charge in [-0.2, -0.15) is 0 Å². The molecule has 0 heterocycles. The molecule has 0 spiro atoms. The van der Waals surface area contributed by atoms with Gasteiger partial charge in [-0.05, 0) is 6.92 Å². The molecule has 0 saturated heterocycles. The van der Waals surface area contributed by atoms with Gasteiger partial charge in [0.1, 0.15) is 5.38 Å². The van der Waals surface area contributed by atoms with Gasteiger partial charge >= 0.3 is 0 Å². The molecule has 1 amide bonds. The number of rotatable bonds is 2. The number of benzene rings is 1. The van der Waals surface area contributed by atoms with Crippen LogP contribution in [-0.4, -0.2) is 11.3 Å². The van der Waals surface area contributed by atoms with Crippen molar-refractivity contribution in [3.63, 3.8) is 0 Å². The van der Waals surface area contributed by atoms with Gasteiger partial charge in [0.05, 0.1) is 0 Å². The van der Waals surface area contributed by atoms with Crippen LogP contribution in [0.5, 0.6) is 0 Å². The first-order valence-corrected chi connectivity index (χ1v) is 4.45. The van der Waals surface area contributed by atoms with Crippen LogP contribution in [0.1, 0.15) is 6.92 Å². The normalized spacial score (nSPS) is 12.3. The summed E-state index contributed by atoms with van der Waals surface area (Å²) in [4.78, 5) is 11.0. The quantitative estimate of drug-likeness (QED) is 0.622. The van der Waals surface area contributed by atoms with Crippen LogP contribution in [0.25, 0.3) is 0 Å². The standard InChI is InChI=1S/C9H7ClF3NO/c1-4(10)9(15)14-5-2-6(11)8(13)7(12)3-5/h2-4H,1H3,(H,14,15). The predicted molar refractivity (Wildman–Crippen MR) is 50.3 cm³/mol. The zero-order chi connectivity index (χ0) is 11.6. The van der Waals surface area contributed by atoms with Gasteiger partial charge in [-0.15, -0.1) is 11.6 Å². The van der Waals surface area contributed by atoms with Crippen molar-refractivity contribution in [3.8, 4) is 0 Å². The maximum absolute atomic E-state index is 12.7. The third-order valence-electron chi connectivity index (χ3n) is 1.61. The monoisotopic (exact) mass is 237 g/mol. The van der Waals surface area contributed by atoms with E-state index in [1.165, 1.54) is 6.92 Å². The van der Waals surface area contributed by atoms with E-state index in [2.05, 4.69) is 5.32 Å². The lowest BCUT2D eigenvalue weighted by Crippen LogP contribution is -2.20. The van der Waals surface area contributed by atoms with E-state index in [-0.39, 0.29) is 5.69 Å². The van der Waals surface area contributed by atoms with Gasteiger partial charge in [-0.1, -0.05) is 0 Å². The molecular formula is C9H7ClF3NO. The molecular weight excluding hydrogens is 231 g/mol. The average Bonchev–Trinajstić information content (AvgIpc) is 2.13. The molecule has 0 aliphatic carbocycles. The number of carbonyl (C=O) groups excluding carboxylic acids is 1. The number of nitrogens with one attached hydrogen (secondary N) is 1. The first-order valence-electron chi connectivity index (χ1n) is 4.01. The number of hydrogen-bond acceptors (Lipinski definition) is 1. The average molecular weight is 238 g/mol. The van der Waals surface area contributed by atoms with Crippen LogP contribution in [-0.2, 0) is 4.79 Å². The van der Waals surface area contributed by atoms with Crippen molar-refractivity contribution in [2.24, 2.45) is 0 Å². The van der Waals surface area contributed by atoms with Crippen molar-refractivity contribution in [2.45, 2.75) is 12.3 Å². The van der Waals surface area contributed by atoms with E-state index in [9.17, 15) is 18.0 Å². The van der Waals surface area contributed by atoms with Crippen LogP contribution < -0.4 is 5.32 Å². The van der Waals surface area contributed by atoms with Crippen molar-refractivity contribution < 1.29 is 18.0 Å². The summed E-state index contributed by atoms with van der Waals surface area (Å²) in [7, 11) is 0. The van der Waals surface area contributed by atoms with Gasteiger partial charge in [0.25, 0.3) is 0 Å². The second-order valence-electron chi connectivity index (χ2n) is 2.86. The third kappa shape index (κ3) is 2.86. The molecule has 1 aromatic rings. The third-order valence-corrected chi connectivity index (χ3v) is 1.81. The Kier molecular flexibility index (Phi) is 3.57. The molecule has 0 saturated carbocycles. The molecule has 0 bridgehead atoms. The summed E-state index contributed by atoms with van der Waals surface area (Å²) in [6, 6.07) is 1.35. The highest BCUT2D eigenvalue weighted by Crippen LogP contribution is 2.17. The van der Waals surface area contributed by atoms with Crippen LogP contribution >= 0.6 is 11.6 Å². The van der Waals surface area contributed by atoms with E-state index in [0.29, 0.717) is 12.1 Å². The number of hydrogen-bond donors (Lipinski definition) is 1. The summed E-state index contributed by atoms with van der Waals surface area (Å²) in [6.07, 6.45) is 0. The fourth-order valence-electron chi connectivity index (χ4n) is 0.869. The first-order chi connectivity index (χ1) is 6.91. The highest BCUT2D eigenvalue weighted by atomic mass is 35.5. The smallest absolute Gasteiger partial charge is 0.242 e. The molecule has 0 aliphatic heterocycles. The van der Waals surface area contributed by atoms with Gasteiger partial charge in [0.15, 0.2) is 17.5 Å². The maximum atomic E-state index is 12.7. The molecule has 1 N–H and O–H groups in total. The van der Waals surface area contributed by atoms with Crippen LogP contribution in [0.15, 0.2) is 12.1 Å². The van der Waals surface area contributed by atoms with E-state index in [1.807, 2.05) is 0 Å². The lowest BCUT2D eigenvalue weighted by atomic mass is 10.2. The van der Waals surface area contributed by atoms with E-state index in [1.54, 1.807) is 0 Å². The van der Waals surface area contributed by atoms with Gasteiger partial charge in [0.2, 0.25) is 5.91 Å². The summed E-state index contributed by atoms with van der Waals surface area (Å²) in [6.45, 7) is 1.40. The van der Waals surface area contributed by atoms with Crippen molar-refractivity contribution in [2.75, 3.05) is 5.32 Å². The Bertz CT molecular complexity index is 372. The summed E-state index contributed by atoms with van der Waals surface area (Å²) < 4.78 is 37.9. The lowest BCUT2D eigenvalue weighted by Gasteiger charge is -2.07. The van der Waals surface area contributed by atoms with Gasteiger partial charge in [-0.3, -0.25) is 4.79 Å². The van der Waals surface area contributed by atoms with Crippen molar-refractivity contribution in [3.05, 3.63) is 29.6 Å². The Hall–Kier alpha value is -1.23. The SMILES string of the molecule is CC(Cl)C(=O)Nc1cc(F)c(F)c(F)c1. The van der Waals surface area contributed by atoms with Crippen molar-refractivity contribution in [1.82, 2.24) is 0 Å². The number of carbonyl (C=O) groups is 1. The Balaban J connectivity index is 2.93. The molecule has 0 fully saturated rings. The lowest BCUT2D eigenvalue weighted by molar-refractivity contribution is -0.115. The van der Waals surface area contributed by atoms with Crippen molar-refractivity contribution >= 4 is 23.2 Å². The van der Waals surface area contributed by atoms with Crippen LogP contribution in [0.2, 0.25) is 0 Å². The van der Waals surface area contributed by atoms with Crippen molar-refractivity contribution in [1.29, 1.82) is 0 Å². The molecule has 1 rings (SSSR count). The molecule has 0 aliphatic rings. The predicted octanol–water partition coefficient (Wildman–Crippen LogP) is 2.67. The Morgan fingerprint density at radius 2 is 1.80 bits per heavy atom. The van der Waals surface area contributed by atoms with E-state index in [0.717, 1.165) is 0 Å². The Morgan fingerprint density at radius 1 is 1.33 bits per heavy atom. The largest absolute Gasteiger partial charge is 0.325 e. The number of halogens is 4. The highest BCUT2D eigenvalue weighted by Gasteiger charge is 2.14. The fourth-order valence-corrected chi connectivity index (χ4v) is 0.924. The molecule has 82 valence electrons. The topological polar surface area (TPSA) is 29.1 Å². The summed E-state index contributed by atoms with van der Waals surface area (Å²) in [5.41, 5.74) is -0.177. The van der Waals surface area contributed by atoms with Crippen LogP contribution in [0, 0.1) is 17.5 Å². The number of anilines is 1. The first kappa shape index (κ1) is 11.8. The summed E-state index contributed by atoms with van der Waals surface area (Å²) in [5, 5.41) is 1.29. The molecule has 2 nitrogen and oxygen atoms in total. The van der Waals surface area contributed by atoms with E-state index >= 15 is 0 Å². The fraction of sp³-hybridized carbons (Fsp3) is 0.222. The zero-order valence-corrected chi connectivity index (χ0v) is 8.41. The zero-order valence-electron chi connectivity index (χ0n) is 7.65. The minimum Gasteiger partial charge on any atom is -0.325 e. The van der Waals surface area contributed by atoms with Gasteiger partial charge < -0.3 is 5.32 Å². The maximum Gasteiger partial charge on any atom is 0.242 e. The van der Waals surface area contributed by atoms with Crippen LogP contribution in [0.3, 0.4) is 0 Å². The summed E-state index contributed by atoms with van der Waals surface area (Å²) in [5.74, 6) is -4.94. The Labute approximate surface area is 89.0 Å². The summed E-state index contributed by atoms with van der Waals surface area (Å²) >= 11 is 5.42. The molecule has 0 radical (unpaired) electrons. The van der Waals surface area contributed by atoms with Crippen LogP contribution in [0.4, 0.5) is 18.9 Å². The Morgan fingerprint density at radius 3 is 2.20 bits per heavy atom. The molecule has 1 atom stereocenters. The molecule has 1 aromatic carbocycles. The second kappa shape index (κ2) is 4.53. The number of amides is 1. The minimum absolute atomic E-state index is 0.177. The molecule has 0 aromatic heterocycles. The molecule has 1 unspecified atom stereocenters. The highest BCUT2D eigenvalue weighted by molar-refractivity contribution is 6.32. The van der Waals surface area contributed by atoms with Gasteiger partial charge in [0, 0.05) is 17.8 Å². The second-order valence-corrected chi connectivity index (χ2v) is 3.51.